The van der Waals surface area contributed by atoms with Gasteiger partial charge in [-0.1, -0.05) is 6.07 Å². The van der Waals surface area contributed by atoms with E-state index in [0.29, 0.717) is 32.0 Å². The molecular weight excluding hydrogens is 389 g/mol. The molecule has 0 spiro atoms. The molecular formula is C13H22IN3O2S. The van der Waals surface area contributed by atoms with Crippen LogP contribution in [0.3, 0.4) is 0 Å². The van der Waals surface area contributed by atoms with Gasteiger partial charge in [-0.15, -0.1) is 35.3 Å². The van der Waals surface area contributed by atoms with Crippen molar-refractivity contribution in [3.05, 3.63) is 22.4 Å². The smallest absolute Gasteiger partial charge is 0.305 e. The van der Waals surface area contributed by atoms with Crippen molar-refractivity contribution >= 4 is 47.2 Å². The minimum atomic E-state index is -0.179. The molecule has 0 saturated carbocycles. The highest BCUT2D eigenvalue weighted by molar-refractivity contribution is 14.0. The third-order valence-corrected chi connectivity index (χ3v) is 3.32. The third kappa shape index (κ3) is 9.13. The molecule has 0 aliphatic heterocycles. The first-order valence-corrected chi connectivity index (χ1v) is 7.32. The van der Waals surface area contributed by atoms with E-state index in [9.17, 15) is 4.79 Å². The number of hydrogen-bond acceptors (Lipinski definition) is 4. The van der Waals surface area contributed by atoms with E-state index in [1.807, 2.05) is 6.07 Å². The Kier molecular flexibility index (Phi) is 11.5. The SMILES string of the molecule is CCOC(=O)CCCN=C(N)NCCc1cccs1.I. The summed E-state index contributed by atoms with van der Waals surface area (Å²) in [4.78, 5) is 16.6. The van der Waals surface area contributed by atoms with E-state index in [1.165, 1.54) is 4.88 Å². The molecule has 7 heteroatoms. The van der Waals surface area contributed by atoms with Crippen LogP contribution in [0.25, 0.3) is 0 Å². The van der Waals surface area contributed by atoms with E-state index in [1.54, 1.807) is 18.3 Å². The zero-order valence-electron chi connectivity index (χ0n) is 11.6. The lowest BCUT2D eigenvalue weighted by atomic mass is 10.3. The second-order valence-corrected chi connectivity index (χ2v) is 4.96. The summed E-state index contributed by atoms with van der Waals surface area (Å²) >= 11 is 1.73. The molecule has 1 aromatic rings. The Morgan fingerprint density at radius 2 is 2.35 bits per heavy atom. The van der Waals surface area contributed by atoms with Crippen molar-refractivity contribution in [3.8, 4) is 0 Å². The van der Waals surface area contributed by atoms with E-state index < -0.39 is 0 Å². The van der Waals surface area contributed by atoms with Crippen LogP contribution >= 0.6 is 35.3 Å². The number of carbonyl (C=O) groups excluding carboxylic acids is 1. The van der Waals surface area contributed by atoms with E-state index >= 15 is 0 Å². The quantitative estimate of drug-likeness (QED) is 0.226. The first-order valence-electron chi connectivity index (χ1n) is 6.44. The Labute approximate surface area is 141 Å². The number of esters is 1. The minimum Gasteiger partial charge on any atom is -0.466 e. The second kappa shape index (κ2) is 12.0. The predicted molar refractivity (Wildman–Crippen MR) is 93.8 cm³/mol. The zero-order chi connectivity index (χ0) is 13.9. The molecule has 0 bridgehead atoms. The van der Waals surface area contributed by atoms with Crippen molar-refractivity contribution in [2.45, 2.75) is 26.2 Å². The predicted octanol–water partition coefficient (Wildman–Crippen LogP) is 2.16. The van der Waals surface area contributed by atoms with E-state index in [2.05, 4.69) is 21.8 Å². The largest absolute Gasteiger partial charge is 0.466 e. The molecule has 1 heterocycles. The van der Waals surface area contributed by atoms with Gasteiger partial charge in [0, 0.05) is 24.4 Å². The molecule has 0 fully saturated rings. The number of rotatable bonds is 8. The molecule has 0 atom stereocenters. The van der Waals surface area contributed by atoms with Crippen molar-refractivity contribution in [1.29, 1.82) is 0 Å². The maximum Gasteiger partial charge on any atom is 0.305 e. The first kappa shape index (κ1) is 19.2. The molecule has 1 aromatic heterocycles. The van der Waals surface area contributed by atoms with Crippen LogP contribution in [0.1, 0.15) is 24.6 Å². The van der Waals surface area contributed by atoms with Gasteiger partial charge in [0.1, 0.15) is 0 Å². The van der Waals surface area contributed by atoms with Crippen LogP contribution in [0.5, 0.6) is 0 Å². The lowest BCUT2D eigenvalue weighted by Crippen LogP contribution is -2.33. The number of nitrogens with two attached hydrogens (primary N) is 1. The third-order valence-electron chi connectivity index (χ3n) is 2.38. The average Bonchev–Trinajstić information content (AvgIpc) is 2.88. The van der Waals surface area contributed by atoms with Gasteiger partial charge >= 0.3 is 5.97 Å². The Hall–Kier alpha value is -0.830. The summed E-state index contributed by atoms with van der Waals surface area (Å²) in [5.41, 5.74) is 5.71. The summed E-state index contributed by atoms with van der Waals surface area (Å²) in [6.07, 6.45) is 1.99. The number of thiophene rings is 1. The number of halogens is 1. The maximum atomic E-state index is 11.1. The maximum absolute atomic E-state index is 11.1. The summed E-state index contributed by atoms with van der Waals surface area (Å²) in [7, 11) is 0. The van der Waals surface area contributed by atoms with E-state index in [0.717, 1.165) is 13.0 Å². The van der Waals surface area contributed by atoms with Crippen LogP contribution in [0.4, 0.5) is 0 Å². The minimum absolute atomic E-state index is 0. The van der Waals surface area contributed by atoms with Crippen LogP contribution in [-0.4, -0.2) is 31.6 Å². The van der Waals surface area contributed by atoms with Crippen LogP contribution < -0.4 is 11.1 Å². The topological polar surface area (TPSA) is 76.7 Å². The average molecular weight is 411 g/mol. The van der Waals surface area contributed by atoms with Crippen LogP contribution in [0.15, 0.2) is 22.5 Å². The van der Waals surface area contributed by atoms with Gasteiger partial charge in [-0.3, -0.25) is 9.79 Å². The summed E-state index contributed by atoms with van der Waals surface area (Å²) in [5.74, 6) is 0.252. The number of carbonyl (C=O) groups is 1. The number of hydrogen-bond donors (Lipinski definition) is 2. The number of ether oxygens (including phenoxy) is 1. The standard InChI is InChI=1S/C13H21N3O2S.HI/c1-2-18-12(17)6-3-8-15-13(14)16-9-7-11-5-4-10-19-11;/h4-5,10H,2-3,6-9H2,1H3,(H3,14,15,16);1H. The second-order valence-electron chi connectivity index (χ2n) is 3.93. The summed E-state index contributed by atoms with van der Waals surface area (Å²) in [6.45, 7) is 3.53. The van der Waals surface area contributed by atoms with Crippen molar-refractivity contribution in [1.82, 2.24) is 5.32 Å². The first-order chi connectivity index (χ1) is 9.22. The van der Waals surface area contributed by atoms with Crippen LogP contribution in [0, 0.1) is 0 Å². The molecule has 1 rings (SSSR count). The Balaban J connectivity index is 0.00000361. The van der Waals surface area contributed by atoms with Gasteiger partial charge in [0.25, 0.3) is 0 Å². The fourth-order valence-electron chi connectivity index (χ4n) is 1.48. The Morgan fingerprint density at radius 3 is 3.00 bits per heavy atom. The molecule has 0 aliphatic rings. The van der Waals surface area contributed by atoms with Crippen molar-refractivity contribution in [2.24, 2.45) is 10.7 Å². The highest BCUT2D eigenvalue weighted by Crippen LogP contribution is 2.07. The van der Waals surface area contributed by atoms with Gasteiger partial charge in [0.2, 0.25) is 0 Å². The van der Waals surface area contributed by atoms with Crippen molar-refractivity contribution < 1.29 is 9.53 Å². The van der Waals surface area contributed by atoms with Gasteiger partial charge in [0.05, 0.1) is 6.61 Å². The summed E-state index contributed by atoms with van der Waals surface area (Å²) in [6, 6.07) is 4.13. The van der Waals surface area contributed by atoms with Gasteiger partial charge in [-0.05, 0) is 31.2 Å². The zero-order valence-corrected chi connectivity index (χ0v) is 14.8. The van der Waals surface area contributed by atoms with Crippen molar-refractivity contribution in [2.75, 3.05) is 19.7 Å². The molecule has 0 aliphatic carbocycles. The van der Waals surface area contributed by atoms with Gasteiger partial charge in [0.15, 0.2) is 5.96 Å². The lowest BCUT2D eigenvalue weighted by molar-refractivity contribution is -0.143. The molecule has 0 amide bonds. The van der Waals surface area contributed by atoms with Crippen LogP contribution in [-0.2, 0) is 16.0 Å². The molecule has 114 valence electrons. The molecule has 0 aromatic carbocycles. The monoisotopic (exact) mass is 411 g/mol. The normalized spacial score (nSPS) is 10.8. The lowest BCUT2D eigenvalue weighted by Gasteiger charge is -2.04. The van der Waals surface area contributed by atoms with Gasteiger partial charge in [-0.2, -0.15) is 0 Å². The fraction of sp³-hybridized carbons (Fsp3) is 0.538. The van der Waals surface area contributed by atoms with Crippen LogP contribution in [0.2, 0.25) is 0 Å². The number of aliphatic imine (C=N–C) groups is 1. The van der Waals surface area contributed by atoms with Gasteiger partial charge < -0.3 is 15.8 Å². The molecule has 20 heavy (non-hydrogen) atoms. The summed E-state index contributed by atoms with van der Waals surface area (Å²) in [5, 5.41) is 5.11. The Morgan fingerprint density at radius 1 is 1.55 bits per heavy atom. The molecule has 0 saturated heterocycles. The molecule has 3 N–H and O–H groups in total. The number of nitrogens with zero attached hydrogens (tertiary/aromatic N) is 1. The molecule has 0 radical (unpaired) electrons. The Bertz CT molecular complexity index is 396. The molecule has 0 unspecified atom stereocenters. The fourth-order valence-corrected chi connectivity index (χ4v) is 2.19. The van der Waals surface area contributed by atoms with Gasteiger partial charge in [-0.25, -0.2) is 0 Å². The summed E-state index contributed by atoms with van der Waals surface area (Å²) < 4.78 is 4.82. The van der Waals surface area contributed by atoms with E-state index in [-0.39, 0.29) is 29.9 Å². The van der Waals surface area contributed by atoms with E-state index in [4.69, 9.17) is 10.5 Å². The number of guanidine groups is 1. The highest BCUT2D eigenvalue weighted by atomic mass is 127. The van der Waals surface area contributed by atoms with Crippen molar-refractivity contribution in [3.63, 3.8) is 0 Å². The number of nitrogens with one attached hydrogen (secondary N) is 1. The highest BCUT2D eigenvalue weighted by Gasteiger charge is 2.00. The molecule has 5 nitrogen and oxygen atoms in total.